The minimum absolute atomic E-state index is 0.457. The first-order valence-electron chi connectivity index (χ1n) is 3.79. The van der Waals surface area contributed by atoms with Crippen molar-refractivity contribution in [3.05, 3.63) is 0 Å². The van der Waals surface area contributed by atoms with E-state index in [9.17, 15) is 9.90 Å². The van der Waals surface area contributed by atoms with Gasteiger partial charge in [0.05, 0.1) is 12.6 Å². The number of carboxylic acids is 1. The van der Waals surface area contributed by atoms with Crippen molar-refractivity contribution in [2.45, 2.75) is 13.0 Å². The van der Waals surface area contributed by atoms with Gasteiger partial charge in [0.1, 0.15) is 6.10 Å². The molecule has 0 aromatic carbocycles. The molecule has 1 fully saturated rings. The zero-order valence-electron chi connectivity index (χ0n) is 6.58. The number of ether oxygens (including phenoxy) is 1. The Kier molecular flexibility index (Phi) is 2.84. The van der Waals surface area contributed by atoms with Crippen molar-refractivity contribution in [2.24, 2.45) is 0 Å². The van der Waals surface area contributed by atoms with Gasteiger partial charge in [0.25, 0.3) is 0 Å². The highest BCUT2D eigenvalue weighted by Gasteiger charge is 2.19. The molecule has 1 heterocycles. The molecule has 64 valence electrons. The molecule has 1 aliphatic rings. The van der Waals surface area contributed by atoms with Crippen LogP contribution in [0.4, 0.5) is 0 Å². The van der Waals surface area contributed by atoms with E-state index in [2.05, 4.69) is 0 Å². The van der Waals surface area contributed by atoms with Crippen LogP contribution in [0, 0.1) is 0 Å². The molecule has 0 N–H and O–H groups in total. The molecule has 1 unspecified atom stereocenters. The molecular formula is C7H12NO3-. The van der Waals surface area contributed by atoms with Gasteiger partial charge >= 0.3 is 0 Å². The molecule has 4 nitrogen and oxygen atoms in total. The van der Waals surface area contributed by atoms with Crippen LogP contribution in [0.15, 0.2) is 0 Å². The summed E-state index contributed by atoms with van der Waals surface area (Å²) in [4.78, 5) is 12.4. The van der Waals surface area contributed by atoms with E-state index in [4.69, 9.17) is 4.74 Å². The van der Waals surface area contributed by atoms with Crippen molar-refractivity contribution >= 4 is 5.97 Å². The Morgan fingerprint density at radius 3 is 3.09 bits per heavy atom. The van der Waals surface area contributed by atoms with Gasteiger partial charge in [0, 0.05) is 13.1 Å². The molecule has 0 spiro atoms. The Morgan fingerprint density at radius 2 is 2.55 bits per heavy atom. The molecule has 0 radical (unpaired) electrons. The highest BCUT2D eigenvalue weighted by atomic mass is 16.5. The number of aliphatic carboxylic acids is 1. The first-order valence-corrected chi connectivity index (χ1v) is 3.79. The summed E-state index contributed by atoms with van der Waals surface area (Å²) in [5, 5.41) is 10.4. The number of nitrogens with zero attached hydrogens (tertiary/aromatic N) is 1. The fraction of sp³-hybridized carbons (Fsp3) is 0.857. The SMILES string of the molecule is CCN1CCOC(C(=O)[O-])C1. The summed E-state index contributed by atoms with van der Waals surface area (Å²) >= 11 is 0. The first kappa shape index (κ1) is 8.49. The van der Waals surface area contributed by atoms with E-state index in [1.54, 1.807) is 0 Å². The minimum atomic E-state index is -1.11. The largest absolute Gasteiger partial charge is 0.547 e. The van der Waals surface area contributed by atoms with Crippen molar-refractivity contribution in [3.63, 3.8) is 0 Å². The van der Waals surface area contributed by atoms with Gasteiger partial charge in [0.2, 0.25) is 0 Å². The predicted molar refractivity (Wildman–Crippen MR) is 36.9 cm³/mol. The van der Waals surface area contributed by atoms with Crippen LogP contribution in [-0.2, 0) is 9.53 Å². The maximum atomic E-state index is 10.4. The first-order chi connectivity index (χ1) is 5.24. The molecule has 0 aromatic heterocycles. The number of hydrogen-bond donors (Lipinski definition) is 0. The van der Waals surface area contributed by atoms with Crippen LogP contribution in [0.5, 0.6) is 0 Å². The van der Waals surface area contributed by atoms with Gasteiger partial charge in [0.15, 0.2) is 0 Å². The van der Waals surface area contributed by atoms with Crippen LogP contribution < -0.4 is 5.11 Å². The molecular weight excluding hydrogens is 146 g/mol. The lowest BCUT2D eigenvalue weighted by molar-refractivity contribution is -0.318. The van der Waals surface area contributed by atoms with Crippen LogP contribution >= 0.6 is 0 Å². The second kappa shape index (κ2) is 3.69. The van der Waals surface area contributed by atoms with Crippen molar-refractivity contribution in [1.29, 1.82) is 0 Å². The molecule has 0 aliphatic carbocycles. The normalized spacial score (nSPS) is 26.8. The lowest BCUT2D eigenvalue weighted by Crippen LogP contribution is -2.50. The van der Waals surface area contributed by atoms with Gasteiger partial charge in [-0.1, -0.05) is 6.92 Å². The Bertz CT molecular complexity index is 149. The van der Waals surface area contributed by atoms with Crippen LogP contribution in [0.25, 0.3) is 0 Å². The second-order valence-electron chi connectivity index (χ2n) is 2.57. The van der Waals surface area contributed by atoms with E-state index in [0.717, 1.165) is 13.1 Å². The molecule has 1 saturated heterocycles. The monoisotopic (exact) mass is 158 g/mol. The topological polar surface area (TPSA) is 52.6 Å². The third-order valence-electron chi connectivity index (χ3n) is 1.86. The van der Waals surface area contributed by atoms with E-state index in [0.29, 0.717) is 13.2 Å². The van der Waals surface area contributed by atoms with Gasteiger partial charge < -0.3 is 14.6 Å². The maximum absolute atomic E-state index is 10.4. The van der Waals surface area contributed by atoms with Gasteiger partial charge in [-0.15, -0.1) is 0 Å². The number of carboxylic acid groups (broad SMARTS) is 1. The van der Waals surface area contributed by atoms with Gasteiger partial charge in [-0.3, -0.25) is 4.90 Å². The summed E-state index contributed by atoms with van der Waals surface area (Å²) in [6, 6.07) is 0. The summed E-state index contributed by atoms with van der Waals surface area (Å²) in [5.74, 6) is -1.11. The number of carbonyl (C=O) groups is 1. The molecule has 1 atom stereocenters. The van der Waals surface area contributed by atoms with Crippen LogP contribution in [0.1, 0.15) is 6.92 Å². The summed E-state index contributed by atoms with van der Waals surface area (Å²) in [5.41, 5.74) is 0. The summed E-state index contributed by atoms with van der Waals surface area (Å²) < 4.78 is 4.97. The van der Waals surface area contributed by atoms with Crippen LogP contribution in [-0.4, -0.2) is 43.2 Å². The van der Waals surface area contributed by atoms with Gasteiger partial charge in [-0.2, -0.15) is 0 Å². The Balaban J connectivity index is 2.39. The third kappa shape index (κ3) is 2.17. The third-order valence-corrected chi connectivity index (χ3v) is 1.86. The standard InChI is InChI=1S/C7H13NO3/c1-2-8-3-4-11-6(5-8)7(9)10/h6H,2-5H2,1H3,(H,9,10)/p-1. The lowest BCUT2D eigenvalue weighted by Gasteiger charge is -2.32. The van der Waals surface area contributed by atoms with Gasteiger partial charge in [-0.05, 0) is 6.54 Å². The fourth-order valence-electron chi connectivity index (χ4n) is 1.13. The van der Waals surface area contributed by atoms with Crippen LogP contribution in [0.3, 0.4) is 0 Å². The molecule has 1 aliphatic heterocycles. The summed E-state index contributed by atoms with van der Waals surface area (Å²) in [6.07, 6.45) is -0.733. The molecule has 0 saturated carbocycles. The van der Waals surface area contributed by atoms with E-state index in [-0.39, 0.29) is 0 Å². The second-order valence-corrected chi connectivity index (χ2v) is 2.57. The van der Waals surface area contributed by atoms with E-state index in [1.165, 1.54) is 0 Å². The predicted octanol–water partition coefficient (Wildman–Crippen LogP) is -1.54. The van der Waals surface area contributed by atoms with E-state index < -0.39 is 12.1 Å². The molecule has 1 rings (SSSR count). The van der Waals surface area contributed by atoms with Crippen LogP contribution in [0.2, 0.25) is 0 Å². The van der Waals surface area contributed by atoms with Crippen molar-refractivity contribution in [3.8, 4) is 0 Å². The quantitative estimate of drug-likeness (QED) is 0.488. The lowest BCUT2D eigenvalue weighted by atomic mass is 10.3. The number of carbonyl (C=O) groups excluding carboxylic acids is 1. The average Bonchev–Trinajstić information content (AvgIpc) is 2.05. The summed E-state index contributed by atoms with van der Waals surface area (Å²) in [6.45, 7) is 4.64. The summed E-state index contributed by atoms with van der Waals surface area (Å²) in [7, 11) is 0. The van der Waals surface area contributed by atoms with Gasteiger partial charge in [-0.25, -0.2) is 0 Å². The van der Waals surface area contributed by atoms with Crippen molar-refractivity contribution in [2.75, 3.05) is 26.2 Å². The Labute approximate surface area is 65.8 Å². The maximum Gasteiger partial charge on any atom is 0.109 e. The van der Waals surface area contributed by atoms with Crippen molar-refractivity contribution < 1.29 is 14.6 Å². The molecule has 0 amide bonds. The number of likely N-dealkylation sites (N-methyl/N-ethyl adjacent to an activating group) is 1. The van der Waals surface area contributed by atoms with E-state index in [1.807, 2.05) is 11.8 Å². The molecule has 4 heteroatoms. The van der Waals surface area contributed by atoms with Crippen molar-refractivity contribution in [1.82, 2.24) is 4.90 Å². The number of hydrogen-bond acceptors (Lipinski definition) is 4. The molecule has 11 heavy (non-hydrogen) atoms. The number of rotatable bonds is 2. The highest BCUT2D eigenvalue weighted by Crippen LogP contribution is 2.02. The Hall–Kier alpha value is -0.610. The highest BCUT2D eigenvalue weighted by molar-refractivity contribution is 5.70. The molecule has 0 aromatic rings. The zero-order valence-corrected chi connectivity index (χ0v) is 6.58. The zero-order chi connectivity index (χ0) is 8.27. The minimum Gasteiger partial charge on any atom is -0.547 e. The average molecular weight is 158 g/mol. The Morgan fingerprint density at radius 1 is 1.82 bits per heavy atom. The van der Waals surface area contributed by atoms with E-state index >= 15 is 0 Å². The fourth-order valence-corrected chi connectivity index (χ4v) is 1.13. The molecule has 0 bridgehead atoms. The smallest absolute Gasteiger partial charge is 0.109 e. The number of morpholine rings is 1.